The molecular formula is C5H4N2O5. The maximum atomic E-state index is 10.7. The number of aromatic carboxylic acids is 1. The van der Waals surface area contributed by atoms with Gasteiger partial charge in [-0.25, -0.2) is 9.59 Å². The number of nitrogens with zero attached hydrogens (tertiary/aromatic N) is 1. The van der Waals surface area contributed by atoms with Crippen molar-refractivity contribution in [2.45, 2.75) is 0 Å². The van der Waals surface area contributed by atoms with Gasteiger partial charge < -0.3 is 10.2 Å². The van der Waals surface area contributed by atoms with E-state index in [0.29, 0.717) is 10.9 Å². The maximum absolute atomic E-state index is 10.7. The molecule has 0 amide bonds. The molecule has 0 aliphatic carbocycles. The Morgan fingerprint density at radius 1 is 1.42 bits per heavy atom. The third kappa shape index (κ3) is 1.19. The van der Waals surface area contributed by atoms with Crippen molar-refractivity contribution in [3.05, 3.63) is 22.1 Å². The topological polar surface area (TPSA) is 112 Å². The summed E-state index contributed by atoms with van der Waals surface area (Å²) in [5.74, 6) is -1.46. The van der Waals surface area contributed by atoms with Gasteiger partial charge in [-0.1, -0.05) is 0 Å². The second kappa shape index (κ2) is 2.53. The zero-order chi connectivity index (χ0) is 9.30. The molecule has 0 saturated heterocycles. The van der Waals surface area contributed by atoms with Crippen molar-refractivity contribution in [1.29, 1.82) is 0 Å². The van der Waals surface area contributed by atoms with Crippen molar-refractivity contribution < 1.29 is 19.8 Å². The van der Waals surface area contributed by atoms with E-state index in [1.54, 1.807) is 5.10 Å². The standard InChI is InChI=1S/C5H4N2O5/c8-3-2(4(9)10)1-7(6-3)5(11)12/h1H,(H,6,8)(H,9,10)(H,11,12). The van der Waals surface area contributed by atoms with Gasteiger partial charge in [-0.15, -0.1) is 0 Å². The van der Waals surface area contributed by atoms with Crippen molar-refractivity contribution in [2.75, 3.05) is 0 Å². The molecular weight excluding hydrogens is 168 g/mol. The van der Waals surface area contributed by atoms with Crippen LogP contribution in [0.3, 0.4) is 0 Å². The van der Waals surface area contributed by atoms with Crippen LogP contribution in [0, 0.1) is 0 Å². The largest absolute Gasteiger partial charge is 0.477 e. The smallest absolute Gasteiger partial charge is 0.430 e. The number of carboxylic acid groups (broad SMARTS) is 2. The molecule has 0 aliphatic heterocycles. The number of aromatic nitrogens is 2. The predicted molar refractivity (Wildman–Crippen MR) is 35.4 cm³/mol. The fraction of sp³-hybridized carbons (Fsp3) is 0. The van der Waals surface area contributed by atoms with Crippen molar-refractivity contribution in [3.8, 4) is 0 Å². The normalized spacial score (nSPS) is 9.67. The summed E-state index contributed by atoms with van der Waals surface area (Å²) in [4.78, 5) is 31.1. The Bertz CT molecular complexity index is 387. The number of hydrogen-bond donors (Lipinski definition) is 3. The molecule has 0 fully saturated rings. The summed E-state index contributed by atoms with van der Waals surface area (Å²) < 4.78 is 0.381. The van der Waals surface area contributed by atoms with E-state index >= 15 is 0 Å². The van der Waals surface area contributed by atoms with Crippen molar-refractivity contribution in [1.82, 2.24) is 9.78 Å². The highest BCUT2D eigenvalue weighted by molar-refractivity contribution is 5.87. The summed E-state index contributed by atoms with van der Waals surface area (Å²) in [5, 5.41) is 18.4. The Morgan fingerprint density at radius 2 is 2.00 bits per heavy atom. The van der Waals surface area contributed by atoms with Gasteiger partial charge in [-0.2, -0.15) is 4.68 Å². The van der Waals surface area contributed by atoms with E-state index in [1.165, 1.54) is 0 Å². The molecule has 12 heavy (non-hydrogen) atoms. The van der Waals surface area contributed by atoms with E-state index in [4.69, 9.17) is 10.2 Å². The lowest BCUT2D eigenvalue weighted by Crippen LogP contribution is -2.14. The molecule has 7 heteroatoms. The molecule has 0 aromatic carbocycles. The molecule has 1 aromatic heterocycles. The number of H-pyrrole nitrogens is 1. The molecule has 0 atom stereocenters. The average Bonchev–Trinajstić information content (AvgIpc) is 2.30. The molecule has 1 rings (SSSR count). The fourth-order valence-corrected chi connectivity index (χ4v) is 0.645. The fourth-order valence-electron chi connectivity index (χ4n) is 0.645. The van der Waals surface area contributed by atoms with Crippen LogP contribution in [0.15, 0.2) is 11.0 Å². The highest BCUT2D eigenvalue weighted by Gasteiger charge is 2.13. The molecule has 0 aliphatic rings. The van der Waals surface area contributed by atoms with Crippen molar-refractivity contribution in [3.63, 3.8) is 0 Å². The minimum atomic E-state index is -1.46. The van der Waals surface area contributed by atoms with Crippen LogP contribution in [0.1, 0.15) is 10.4 Å². The van der Waals surface area contributed by atoms with Crippen LogP contribution in [-0.2, 0) is 0 Å². The van der Waals surface area contributed by atoms with Crippen LogP contribution in [0.2, 0.25) is 0 Å². The van der Waals surface area contributed by atoms with Gasteiger partial charge in [0, 0.05) is 0 Å². The van der Waals surface area contributed by atoms with Gasteiger partial charge in [0.25, 0.3) is 5.56 Å². The van der Waals surface area contributed by atoms with Crippen LogP contribution in [0.5, 0.6) is 0 Å². The van der Waals surface area contributed by atoms with Crippen molar-refractivity contribution >= 4 is 12.1 Å². The second-order valence-corrected chi connectivity index (χ2v) is 1.94. The third-order valence-electron chi connectivity index (χ3n) is 1.16. The number of rotatable bonds is 1. The summed E-state index contributed by atoms with van der Waals surface area (Å²) in [7, 11) is 0. The number of hydrogen-bond acceptors (Lipinski definition) is 3. The zero-order valence-electron chi connectivity index (χ0n) is 5.64. The minimum absolute atomic E-state index is 0.381. The Balaban J connectivity index is 3.27. The number of carbonyl (C=O) groups is 2. The summed E-state index contributed by atoms with van der Waals surface area (Å²) in [5.41, 5.74) is -1.54. The lowest BCUT2D eigenvalue weighted by Gasteiger charge is -1.87. The van der Waals surface area contributed by atoms with Gasteiger partial charge in [0.15, 0.2) is 0 Å². The molecule has 1 heterocycles. The Morgan fingerprint density at radius 3 is 2.25 bits per heavy atom. The Kier molecular flexibility index (Phi) is 1.70. The number of carboxylic acids is 1. The first-order valence-corrected chi connectivity index (χ1v) is 2.80. The first-order valence-electron chi connectivity index (χ1n) is 2.80. The summed E-state index contributed by atoms with van der Waals surface area (Å²) in [6.07, 6.45) is -0.743. The van der Waals surface area contributed by atoms with E-state index < -0.39 is 23.2 Å². The lowest BCUT2D eigenvalue weighted by atomic mass is 10.4. The SMILES string of the molecule is O=C(O)c1cn(C(=O)O)[nH]c1=O. The Labute approximate surface area is 64.8 Å². The first-order chi connectivity index (χ1) is 5.52. The van der Waals surface area contributed by atoms with Gasteiger partial charge >= 0.3 is 12.1 Å². The van der Waals surface area contributed by atoms with E-state index in [0.717, 1.165) is 0 Å². The summed E-state index contributed by atoms with van der Waals surface area (Å²) in [6.45, 7) is 0. The van der Waals surface area contributed by atoms with Gasteiger partial charge in [0.2, 0.25) is 0 Å². The molecule has 0 radical (unpaired) electrons. The molecule has 7 nitrogen and oxygen atoms in total. The molecule has 0 bridgehead atoms. The molecule has 64 valence electrons. The molecule has 0 spiro atoms. The van der Waals surface area contributed by atoms with Crippen LogP contribution in [0.25, 0.3) is 0 Å². The van der Waals surface area contributed by atoms with Gasteiger partial charge in [0.05, 0.1) is 6.20 Å². The Hall–Kier alpha value is -2.05. The maximum Gasteiger partial charge on any atom is 0.430 e. The highest BCUT2D eigenvalue weighted by atomic mass is 16.4. The minimum Gasteiger partial charge on any atom is -0.477 e. The number of aromatic amines is 1. The van der Waals surface area contributed by atoms with E-state index in [1.807, 2.05) is 0 Å². The van der Waals surface area contributed by atoms with Gasteiger partial charge in [0.1, 0.15) is 5.56 Å². The highest BCUT2D eigenvalue weighted by Crippen LogP contribution is 1.89. The number of nitrogens with one attached hydrogen (secondary N) is 1. The molecule has 0 unspecified atom stereocenters. The van der Waals surface area contributed by atoms with E-state index in [2.05, 4.69) is 0 Å². The first kappa shape index (κ1) is 8.05. The molecule has 1 aromatic rings. The van der Waals surface area contributed by atoms with Gasteiger partial charge in [-0.05, 0) is 0 Å². The average molecular weight is 172 g/mol. The van der Waals surface area contributed by atoms with E-state index in [-0.39, 0.29) is 0 Å². The second-order valence-electron chi connectivity index (χ2n) is 1.94. The van der Waals surface area contributed by atoms with Crippen LogP contribution in [0.4, 0.5) is 4.79 Å². The quantitative estimate of drug-likeness (QED) is 0.523. The van der Waals surface area contributed by atoms with Crippen LogP contribution in [-0.4, -0.2) is 32.1 Å². The lowest BCUT2D eigenvalue weighted by molar-refractivity contribution is 0.0695. The van der Waals surface area contributed by atoms with Crippen LogP contribution >= 0.6 is 0 Å². The summed E-state index contributed by atoms with van der Waals surface area (Å²) in [6, 6.07) is 0. The predicted octanol–water partition coefficient (Wildman–Crippen LogP) is -0.599. The monoisotopic (exact) mass is 172 g/mol. The van der Waals surface area contributed by atoms with E-state index in [9.17, 15) is 14.4 Å². The zero-order valence-corrected chi connectivity index (χ0v) is 5.64. The molecule has 0 saturated carbocycles. The van der Waals surface area contributed by atoms with Crippen LogP contribution < -0.4 is 5.56 Å². The van der Waals surface area contributed by atoms with Gasteiger partial charge in [-0.3, -0.25) is 9.89 Å². The third-order valence-corrected chi connectivity index (χ3v) is 1.16. The van der Waals surface area contributed by atoms with Crippen molar-refractivity contribution in [2.24, 2.45) is 0 Å². The molecule has 3 N–H and O–H groups in total. The summed E-state index contributed by atoms with van der Waals surface area (Å²) >= 11 is 0.